The number of carbonyl (C=O) groups is 2. The average Bonchev–Trinajstić information content (AvgIpc) is 2.91. The Labute approximate surface area is 159 Å². The highest BCUT2D eigenvalue weighted by molar-refractivity contribution is 5.89. The number of nitrogens with one attached hydrogen (secondary N) is 1. The number of fused-ring (bicyclic) bond motifs is 1. The van der Waals surface area contributed by atoms with Crippen molar-refractivity contribution >= 4 is 18.0 Å². The summed E-state index contributed by atoms with van der Waals surface area (Å²) >= 11 is 0. The van der Waals surface area contributed by atoms with E-state index >= 15 is 0 Å². The molecule has 1 aliphatic heterocycles. The van der Waals surface area contributed by atoms with Crippen molar-refractivity contribution in [1.82, 2.24) is 5.32 Å². The molecule has 2 unspecified atom stereocenters. The highest BCUT2D eigenvalue weighted by Gasteiger charge is 2.22. The van der Waals surface area contributed by atoms with Crippen molar-refractivity contribution < 1.29 is 23.8 Å². The van der Waals surface area contributed by atoms with Crippen LogP contribution >= 0.6 is 0 Å². The number of rotatable bonds is 5. The van der Waals surface area contributed by atoms with Gasteiger partial charge in [-0.25, -0.2) is 4.79 Å². The zero-order valence-corrected chi connectivity index (χ0v) is 15.7. The highest BCUT2D eigenvalue weighted by Crippen LogP contribution is 2.30. The van der Waals surface area contributed by atoms with Gasteiger partial charge < -0.3 is 19.5 Å². The van der Waals surface area contributed by atoms with Gasteiger partial charge >= 0.3 is 5.97 Å². The summed E-state index contributed by atoms with van der Waals surface area (Å²) < 4.78 is 16.2. The van der Waals surface area contributed by atoms with E-state index in [-0.39, 0.29) is 18.6 Å². The molecule has 0 radical (unpaired) electrons. The van der Waals surface area contributed by atoms with Gasteiger partial charge in [-0.05, 0) is 42.5 Å². The van der Waals surface area contributed by atoms with Crippen LogP contribution in [0.25, 0.3) is 6.08 Å². The fourth-order valence-corrected chi connectivity index (χ4v) is 3.41. The van der Waals surface area contributed by atoms with Crippen LogP contribution in [0.4, 0.5) is 0 Å². The normalized spacial score (nSPS) is 22.1. The Kier molecular flexibility index (Phi) is 6.74. The largest absolute Gasteiger partial charge is 0.490 e. The summed E-state index contributed by atoms with van der Waals surface area (Å²) in [7, 11) is 0. The lowest BCUT2D eigenvalue weighted by atomic mass is 9.86. The van der Waals surface area contributed by atoms with Gasteiger partial charge in [0, 0.05) is 18.5 Å². The Morgan fingerprint density at radius 3 is 2.74 bits per heavy atom. The van der Waals surface area contributed by atoms with E-state index in [0.29, 0.717) is 30.6 Å². The summed E-state index contributed by atoms with van der Waals surface area (Å²) in [5, 5.41) is 2.97. The van der Waals surface area contributed by atoms with Crippen molar-refractivity contribution in [3.8, 4) is 11.5 Å². The van der Waals surface area contributed by atoms with Crippen molar-refractivity contribution in [3.05, 3.63) is 29.8 Å². The molecule has 1 fully saturated rings. The molecule has 0 saturated heterocycles. The molecule has 3 rings (SSSR count). The first kappa shape index (κ1) is 19.3. The van der Waals surface area contributed by atoms with Gasteiger partial charge in [-0.2, -0.15) is 0 Å². The number of hydrogen-bond acceptors (Lipinski definition) is 5. The number of benzene rings is 1. The summed E-state index contributed by atoms with van der Waals surface area (Å²) in [6, 6.07) is 5.67. The minimum Gasteiger partial charge on any atom is -0.490 e. The smallest absolute Gasteiger partial charge is 0.331 e. The Balaban J connectivity index is 1.46. The maximum Gasteiger partial charge on any atom is 0.331 e. The standard InChI is InChI=1S/C21H27NO5/c1-15-5-2-3-6-17(15)22-20(23)14-27-21(24)10-8-16-7-9-18-19(13-16)26-12-4-11-25-18/h7-10,13,15,17H,2-6,11-12,14H2,1H3,(H,22,23)/b10-8+. The fourth-order valence-electron chi connectivity index (χ4n) is 3.41. The molecule has 1 aromatic carbocycles. The molecule has 2 aliphatic rings. The second-order valence-electron chi connectivity index (χ2n) is 7.13. The van der Waals surface area contributed by atoms with Crippen LogP contribution in [0, 0.1) is 5.92 Å². The predicted octanol–water partition coefficient (Wildman–Crippen LogP) is 3.10. The Hall–Kier alpha value is -2.50. The van der Waals surface area contributed by atoms with Gasteiger partial charge in [-0.15, -0.1) is 0 Å². The van der Waals surface area contributed by atoms with Gasteiger partial charge in [-0.1, -0.05) is 25.8 Å². The third-order valence-electron chi connectivity index (χ3n) is 4.99. The van der Waals surface area contributed by atoms with E-state index in [4.69, 9.17) is 14.2 Å². The topological polar surface area (TPSA) is 73.9 Å². The third kappa shape index (κ3) is 5.74. The highest BCUT2D eigenvalue weighted by atomic mass is 16.5. The molecule has 0 spiro atoms. The lowest BCUT2D eigenvalue weighted by molar-refractivity contribution is -0.144. The van der Waals surface area contributed by atoms with E-state index in [2.05, 4.69) is 12.2 Å². The molecule has 1 aromatic rings. The zero-order valence-electron chi connectivity index (χ0n) is 15.7. The minimum atomic E-state index is -0.547. The van der Waals surface area contributed by atoms with E-state index in [0.717, 1.165) is 31.2 Å². The van der Waals surface area contributed by atoms with E-state index in [1.165, 1.54) is 12.5 Å². The van der Waals surface area contributed by atoms with Crippen molar-refractivity contribution in [2.75, 3.05) is 19.8 Å². The van der Waals surface area contributed by atoms with Crippen LogP contribution < -0.4 is 14.8 Å². The molecule has 1 heterocycles. The SMILES string of the molecule is CC1CCCCC1NC(=O)COC(=O)/C=C/c1ccc2c(c1)OCCCO2. The quantitative estimate of drug-likeness (QED) is 0.634. The summed E-state index contributed by atoms with van der Waals surface area (Å²) in [6.45, 7) is 3.13. The van der Waals surface area contributed by atoms with Crippen LogP contribution in [0.3, 0.4) is 0 Å². The molecule has 146 valence electrons. The lowest BCUT2D eigenvalue weighted by Gasteiger charge is -2.29. The lowest BCUT2D eigenvalue weighted by Crippen LogP contribution is -2.42. The minimum absolute atomic E-state index is 0.183. The zero-order chi connectivity index (χ0) is 19.1. The monoisotopic (exact) mass is 373 g/mol. The molecule has 1 amide bonds. The number of amides is 1. The average molecular weight is 373 g/mol. The second kappa shape index (κ2) is 9.44. The molecule has 1 aliphatic carbocycles. The third-order valence-corrected chi connectivity index (χ3v) is 4.99. The number of carbonyl (C=O) groups excluding carboxylic acids is 2. The maximum atomic E-state index is 12.0. The summed E-state index contributed by atoms with van der Waals surface area (Å²) in [4.78, 5) is 23.9. The molecular formula is C21H27NO5. The van der Waals surface area contributed by atoms with Crippen molar-refractivity contribution in [1.29, 1.82) is 0 Å². The van der Waals surface area contributed by atoms with Gasteiger partial charge in [-0.3, -0.25) is 4.79 Å². The first-order valence-electron chi connectivity index (χ1n) is 9.65. The van der Waals surface area contributed by atoms with Crippen LogP contribution in [0.15, 0.2) is 24.3 Å². The number of hydrogen-bond donors (Lipinski definition) is 1. The van der Waals surface area contributed by atoms with Crippen molar-refractivity contribution in [3.63, 3.8) is 0 Å². The molecule has 6 heteroatoms. The Morgan fingerprint density at radius 1 is 1.15 bits per heavy atom. The molecule has 2 atom stereocenters. The second-order valence-corrected chi connectivity index (χ2v) is 7.13. The van der Waals surface area contributed by atoms with E-state index in [9.17, 15) is 9.59 Å². The van der Waals surface area contributed by atoms with Gasteiger partial charge in [0.25, 0.3) is 5.91 Å². The first-order valence-corrected chi connectivity index (χ1v) is 9.65. The predicted molar refractivity (Wildman–Crippen MR) is 102 cm³/mol. The molecule has 0 bridgehead atoms. The summed E-state index contributed by atoms with van der Waals surface area (Å²) in [6.07, 6.45) is 8.26. The van der Waals surface area contributed by atoms with Gasteiger partial charge in [0.15, 0.2) is 18.1 Å². The number of esters is 1. The number of ether oxygens (including phenoxy) is 3. The van der Waals surface area contributed by atoms with Crippen molar-refractivity contribution in [2.24, 2.45) is 5.92 Å². The Bertz CT molecular complexity index is 700. The fraction of sp³-hybridized carbons (Fsp3) is 0.524. The van der Waals surface area contributed by atoms with E-state index < -0.39 is 5.97 Å². The van der Waals surface area contributed by atoms with Crippen molar-refractivity contribution in [2.45, 2.75) is 45.1 Å². The van der Waals surface area contributed by atoms with E-state index in [1.54, 1.807) is 6.08 Å². The molecule has 0 aromatic heterocycles. The van der Waals surface area contributed by atoms with Gasteiger partial charge in [0.1, 0.15) is 0 Å². The maximum absolute atomic E-state index is 12.0. The van der Waals surface area contributed by atoms with Gasteiger partial charge in [0.2, 0.25) is 0 Å². The molecule has 6 nitrogen and oxygen atoms in total. The Morgan fingerprint density at radius 2 is 1.93 bits per heavy atom. The van der Waals surface area contributed by atoms with Crippen LogP contribution in [0.5, 0.6) is 11.5 Å². The molecule has 27 heavy (non-hydrogen) atoms. The summed E-state index contributed by atoms with van der Waals surface area (Å²) in [5.41, 5.74) is 0.802. The van der Waals surface area contributed by atoms with Crippen LogP contribution in [0.1, 0.15) is 44.6 Å². The molecular weight excluding hydrogens is 346 g/mol. The first-order chi connectivity index (χ1) is 13.1. The molecule has 1 saturated carbocycles. The van der Waals surface area contributed by atoms with Crippen LogP contribution in [-0.4, -0.2) is 37.7 Å². The van der Waals surface area contributed by atoms with E-state index in [1.807, 2.05) is 18.2 Å². The van der Waals surface area contributed by atoms with Crippen LogP contribution in [0.2, 0.25) is 0 Å². The summed E-state index contributed by atoms with van der Waals surface area (Å²) in [5.74, 6) is 1.06. The molecule has 1 N–H and O–H groups in total. The van der Waals surface area contributed by atoms with Gasteiger partial charge in [0.05, 0.1) is 13.2 Å². The van der Waals surface area contributed by atoms with Crippen LogP contribution in [-0.2, 0) is 14.3 Å².